The zero-order chi connectivity index (χ0) is 18.6. The summed E-state index contributed by atoms with van der Waals surface area (Å²) < 4.78 is 11.4. The predicted molar refractivity (Wildman–Crippen MR) is 95.0 cm³/mol. The van der Waals surface area contributed by atoms with Crippen molar-refractivity contribution in [1.82, 2.24) is 0 Å². The summed E-state index contributed by atoms with van der Waals surface area (Å²) >= 11 is 0. The van der Waals surface area contributed by atoms with E-state index in [2.05, 4.69) is 27.4 Å². The number of hydrogen-bond donors (Lipinski definition) is 0. The van der Waals surface area contributed by atoms with Gasteiger partial charge in [0.2, 0.25) is 5.43 Å². The van der Waals surface area contributed by atoms with Crippen molar-refractivity contribution in [1.29, 1.82) is 10.5 Å². The van der Waals surface area contributed by atoms with Crippen molar-refractivity contribution in [2.45, 2.75) is 51.7 Å². The lowest BCUT2D eigenvalue weighted by Crippen LogP contribution is -2.44. The maximum atomic E-state index is 12.3. The molecule has 0 aliphatic rings. The van der Waals surface area contributed by atoms with Crippen LogP contribution in [0.3, 0.4) is 0 Å². The van der Waals surface area contributed by atoms with Crippen LogP contribution in [0.5, 0.6) is 5.75 Å². The van der Waals surface area contributed by atoms with E-state index in [0.29, 0.717) is 0 Å². The summed E-state index contributed by atoms with van der Waals surface area (Å²) in [6, 6.07) is 5.28. The Bertz CT molecular complexity index is 731. The van der Waals surface area contributed by atoms with Crippen molar-refractivity contribution in [3.63, 3.8) is 0 Å². The van der Waals surface area contributed by atoms with Gasteiger partial charge in [-0.1, -0.05) is 26.8 Å². The van der Waals surface area contributed by atoms with E-state index >= 15 is 0 Å². The number of hydrogen-bond acceptors (Lipinski definition) is 5. The highest BCUT2D eigenvalue weighted by atomic mass is 28.4. The van der Waals surface area contributed by atoms with Crippen LogP contribution in [0.2, 0.25) is 18.1 Å². The Labute approximate surface area is 144 Å². The third-order valence-electron chi connectivity index (χ3n) is 4.42. The summed E-state index contributed by atoms with van der Waals surface area (Å²) in [5.74, 6) is 0.459. The Balaban J connectivity index is 3.10. The lowest BCUT2D eigenvalue weighted by Gasteiger charge is -2.35. The molecule has 6 heteroatoms. The van der Waals surface area contributed by atoms with Gasteiger partial charge in [0.15, 0.2) is 11.2 Å². The molecule has 0 fully saturated rings. The molecule has 0 aromatic carbocycles. The summed E-state index contributed by atoms with van der Waals surface area (Å²) in [5, 5.41) is 18.5. The van der Waals surface area contributed by atoms with Crippen LogP contribution >= 0.6 is 0 Å². The molecule has 24 heavy (non-hydrogen) atoms. The first-order chi connectivity index (χ1) is 11.0. The fourth-order valence-electron chi connectivity index (χ4n) is 1.85. The molecule has 0 atom stereocenters. The second-order valence-electron chi connectivity index (χ2n) is 7.41. The highest BCUT2D eigenvalue weighted by molar-refractivity contribution is 6.74. The number of nitrogens with zero attached hydrogens (tertiary/aromatic N) is 2. The summed E-state index contributed by atoms with van der Waals surface area (Å²) in [7, 11) is -2.15. The zero-order valence-electron chi connectivity index (χ0n) is 15.0. The largest absolute Gasteiger partial charge is 0.539 e. The van der Waals surface area contributed by atoms with E-state index in [1.165, 1.54) is 18.4 Å². The summed E-state index contributed by atoms with van der Waals surface area (Å²) in [4.78, 5) is 12.3. The Hall–Kier alpha value is -2.31. The molecule has 1 rings (SSSR count). The molecule has 0 N–H and O–H groups in total. The molecule has 0 amide bonds. The second-order valence-corrected chi connectivity index (χ2v) is 12.1. The Morgan fingerprint density at radius 3 is 2.33 bits per heavy atom. The smallest absolute Gasteiger partial charge is 0.250 e. The number of rotatable bonds is 6. The van der Waals surface area contributed by atoms with Crippen LogP contribution in [-0.4, -0.2) is 8.32 Å². The van der Waals surface area contributed by atoms with Crippen LogP contribution in [0.25, 0.3) is 0 Å². The van der Waals surface area contributed by atoms with Gasteiger partial charge >= 0.3 is 0 Å². The van der Waals surface area contributed by atoms with Crippen molar-refractivity contribution in [3.8, 4) is 17.9 Å². The van der Waals surface area contributed by atoms with Gasteiger partial charge in [-0.05, 0) is 24.6 Å². The SMILES string of the molecule is C=CCC(C#N)(C#N)Cc1cc(=O)c(O[Si](C)(C)C(C)(C)C)co1. The first-order valence-electron chi connectivity index (χ1n) is 7.74. The summed E-state index contributed by atoms with van der Waals surface area (Å²) in [6.07, 6.45) is 3.03. The molecule has 0 radical (unpaired) electrons. The average molecular weight is 344 g/mol. The van der Waals surface area contributed by atoms with Crippen LogP contribution < -0.4 is 9.85 Å². The Kier molecular flexibility index (Phi) is 5.81. The predicted octanol–water partition coefficient (Wildman–Crippen LogP) is 4.18. The fourth-order valence-corrected chi connectivity index (χ4v) is 2.85. The van der Waals surface area contributed by atoms with Gasteiger partial charge < -0.3 is 8.84 Å². The van der Waals surface area contributed by atoms with Gasteiger partial charge in [0, 0.05) is 12.5 Å². The van der Waals surface area contributed by atoms with Crippen molar-refractivity contribution in [2.24, 2.45) is 5.41 Å². The first-order valence-corrected chi connectivity index (χ1v) is 10.7. The van der Waals surface area contributed by atoms with E-state index in [9.17, 15) is 15.3 Å². The second kappa shape index (κ2) is 7.07. The van der Waals surface area contributed by atoms with E-state index < -0.39 is 13.7 Å². The summed E-state index contributed by atoms with van der Waals surface area (Å²) in [6.45, 7) is 13.9. The maximum Gasteiger partial charge on any atom is 0.250 e. The molecule has 0 spiro atoms. The molecule has 0 unspecified atom stereocenters. The standard InChI is InChI=1S/C18H24N2O3Si/c1-7-8-18(12-19,13-20)10-14-9-15(21)16(11-22-14)23-24(5,6)17(2,3)4/h7,9,11H,1,8,10H2,2-6H3. The van der Waals surface area contributed by atoms with Gasteiger partial charge in [-0.2, -0.15) is 10.5 Å². The van der Waals surface area contributed by atoms with Gasteiger partial charge in [0.05, 0.1) is 12.1 Å². The van der Waals surface area contributed by atoms with Crippen LogP contribution in [0.4, 0.5) is 0 Å². The van der Waals surface area contributed by atoms with Gasteiger partial charge in [-0.15, -0.1) is 6.58 Å². The van der Waals surface area contributed by atoms with E-state index in [1.807, 2.05) is 25.2 Å². The molecular weight excluding hydrogens is 320 g/mol. The quantitative estimate of drug-likeness (QED) is 0.571. The van der Waals surface area contributed by atoms with Crippen molar-refractivity contribution >= 4 is 8.32 Å². The van der Waals surface area contributed by atoms with E-state index in [1.54, 1.807) is 0 Å². The minimum Gasteiger partial charge on any atom is -0.539 e. The third kappa shape index (κ3) is 4.36. The molecule has 0 saturated carbocycles. The van der Waals surface area contributed by atoms with E-state index in [-0.39, 0.29) is 34.8 Å². The van der Waals surface area contributed by atoms with Crippen LogP contribution in [-0.2, 0) is 6.42 Å². The lowest BCUT2D eigenvalue weighted by molar-refractivity contribution is 0.399. The zero-order valence-corrected chi connectivity index (χ0v) is 16.0. The highest BCUT2D eigenvalue weighted by Crippen LogP contribution is 2.36. The molecule has 5 nitrogen and oxygen atoms in total. The minimum absolute atomic E-state index is 0.0294. The molecule has 1 aromatic heterocycles. The van der Waals surface area contributed by atoms with Crippen molar-refractivity contribution in [3.05, 3.63) is 41.0 Å². The maximum absolute atomic E-state index is 12.3. The third-order valence-corrected chi connectivity index (χ3v) is 8.76. The molecule has 0 aliphatic heterocycles. The highest BCUT2D eigenvalue weighted by Gasteiger charge is 2.39. The number of allylic oxidation sites excluding steroid dienone is 1. The molecule has 0 saturated heterocycles. The van der Waals surface area contributed by atoms with Gasteiger partial charge in [-0.3, -0.25) is 4.79 Å². The summed E-state index contributed by atoms with van der Waals surface area (Å²) in [5.41, 5.74) is -1.58. The van der Waals surface area contributed by atoms with Crippen LogP contribution in [0.15, 0.2) is 34.2 Å². The molecule has 1 heterocycles. The van der Waals surface area contributed by atoms with Crippen molar-refractivity contribution < 1.29 is 8.84 Å². The molecule has 1 aromatic rings. The van der Waals surface area contributed by atoms with E-state index in [0.717, 1.165) is 0 Å². The molecular formula is C18H24N2O3Si. The fraction of sp³-hybridized carbons (Fsp3) is 0.500. The lowest BCUT2D eigenvalue weighted by atomic mass is 9.83. The van der Waals surface area contributed by atoms with Crippen molar-refractivity contribution in [2.75, 3.05) is 0 Å². The molecule has 128 valence electrons. The normalized spacial score (nSPS) is 12.1. The molecule has 0 aliphatic carbocycles. The van der Waals surface area contributed by atoms with Crippen LogP contribution in [0.1, 0.15) is 33.0 Å². The number of nitriles is 2. The monoisotopic (exact) mass is 344 g/mol. The van der Waals surface area contributed by atoms with Gasteiger partial charge in [-0.25, -0.2) is 0 Å². The Morgan fingerprint density at radius 1 is 1.33 bits per heavy atom. The minimum atomic E-state index is -2.15. The first kappa shape index (κ1) is 19.7. The molecule has 0 bridgehead atoms. The topological polar surface area (TPSA) is 87.0 Å². The van der Waals surface area contributed by atoms with Gasteiger partial charge in [0.25, 0.3) is 8.32 Å². The van der Waals surface area contributed by atoms with Gasteiger partial charge in [0.1, 0.15) is 12.0 Å². The Morgan fingerprint density at radius 2 is 1.92 bits per heavy atom. The van der Waals surface area contributed by atoms with Crippen LogP contribution in [0, 0.1) is 28.1 Å². The van der Waals surface area contributed by atoms with E-state index in [4.69, 9.17) is 8.84 Å². The average Bonchev–Trinajstić information content (AvgIpc) is 2.48.